The molecule has 34 heavy (non-hydrogen) atoms. The zero-order chi connectivity index (χ0) is 23.2. The molecular formula is C23H28N8O3. The Balaban J connectivity index is 1.24. The molecule has 3 aromatic rings. The van der Waals surface area contributed by atoms with Crippen LogP contribution in [0.2, 0.25) is 0 Å². The SMILES string of the molecule is O=C(O)N1CCC(C(=O)N2CCCC2c2nc(Nc3cc(C4CC4)[nH]n3)n3cccc3n2)CC1. The van der Waals surface area contributed by atoms with Crippen molar-refractivity contribution in [2.24, 2.45) is 5.92 Å². The van der Waals surface area contributed by atoms with Gasteiger partial charge in [0.25, 0.3) is 0 Å². The molecule has 0 bridgehead atoms. The van der Waals surface area contributed by atoms with Gasteiger partial charge in [0.1, 0.15) is 5.65 Å². The van der Waals surface area contributed by atoms with Crippen LogP contribution in [-0.4, -0.2) is 71.1 Å². The van der Waals surface area contributed by atoms with Gasteiger partial charge in [-0.3, -0.25) is 14.3 Å². The van der Waals surface area contributed by atoms with E-state index in [9.17, 15) is 14.7 Å². The summed E-state index contributed by atoms with van der Waals surface area (Å²) < 4.78 is 1.89. The Morgan fingerprint density at radius 3 is 2.68 bits per heavy atom. The quantitative estimate of drug-likeness (QED) is 0.528. The van der Waals surface area contributed by atoms with E-state index >= 15 is 0 Å². The van der Waals surface area contributed by atoms with Gasteiger partial charge in [-0.15, -0.1) is 0 Å². The van der Waals surface area contributed by atoms with E-state index in [0.717, 1.165) is 24.2 Å². The Morgan fingerprint density at radius 1 is 1.09 bits per heavy atom. The van der Waals surface area contributed by atoms with Crippen molar-refractivity contribution in [3.05, 3.63) is 35.9 Å². The van der Waals surface area contributed by atoms with Gasteiger partial charge in [0.15, 0.2) is 11.6 Å². The molecule has 3 aliphatic rings. The number of rotatable bonds is 5. The van der Waals surface area contributed by atoms with Gasteiger partial charge < -0.3 is 20.2 Å². The molecule has 0 aromatic carbocycles. The van der Waals surface area contributed by atoms with E-state index in [4.69, 9.17) is 9.97 Å². The largest absolute Gasteiger partial charge is 0.465 e. The van der Waals surface area contributed by atoms with Crippen molar-refractivity contribution in [2.45, 2.75) is 50.5 Å². The van der Waals surface area contributed by atoms with Crippen molar-refractivity contribution in [3.63, 3.8) is 0 Å². The number of nitrogens with zero attached hydrogens (tertiary/aromatic N) is 6. The molecule has 2 saturated heterocycles. The lowest BCUT2D eigenvalue weighted by molar-refractivity contribution is -0.138. The minimum absolute atomic E-state index is 0.0854. The van der Waals surface area contributed by atoms with Crippen LogP contribution in [0.3, 0.4) is 0 Å². The summed E-state index contributed by atoms with van der Waals surface area (Å²) in [6.07, 6.45) is 6.20. The first-order chi connectivity index (χ1) is 16.6. The molecule has 11 nitrogen and oxygen atoms in total. The summed E-state index contributed by atoms with van der Waals surface area (Å²) in [4.78, 5) is 37.5. The number of amides is 2. The van der Waals surface area contributed by atoms with E-state index in [0.29, 0.717) is 56.0 Å². The average molecular weight is 465 g/mol. The van der Waals surface area contributed by atoms with Crippen molar-refractivity contribution in [3.8, 4) is 0 Å². The highest BCUT2D eigenvalue weighted by atomic mass is 16.4. The fourth-order valence-electron chi connectivity index (χ4n) is 5.15. The maximum Gasteiger partial charge on any atom is 0.407 e. The maximum absolute atomic E-state index is 13.4. The summed E-state index contributed by atoms with van der Waals surface area (Å²) >= 11 is 0. The molecule has 3 aromatic heterocycles. The number of anilines is 2. The number of aromatic amines is 1. The van der Waals surface area contributed by atoms with Gasteiger partial charge in [-0.25, -0.2) is 9.78 Å². The fourth-order valence-corrected chi connectivity index (χ4v) is 5.15. The highest BCUT2D eigenvalue weighted by molar-refractivity contribution is 5.80. The van der Waals surface area contributed by atoms with Gasteiger partial charge in [-0.2, -0.15) is 10.1 Å². The number of aromatic nitrogens is 5. The van der Waals surface area contributed by atoms with Crippen molar-refractivity contribution < 1.29 is 14.7 Å². The molecule has 0 spiro atoms. The highest BCUT2D eigenvalue weighted by Gasteiger charge is 2.37. The van der Waals surface area contributed by atoms with E-state index in [2.05, 4.69) is 15.5 Å². The smallest absolute Gasteiger partial charge is 0.407 e. The second-order valence-electron chi connectivity index (χ2n) is 9.48. The van der Waals surface area contributed by atoms with Crippen molar-refractivity contribution in [2.75, 3.05) is 25.0 Å². The maximum atomic E-state index is 13.4. The van der Waals surface area contributed by atoms with E-state index in [1.807, 2.05) is 33.7 Å². The lowest BCUT2D eigenvalue weighted by Crippen LogP contribution is -2.44. The third-order valence-corrected chi connectivity index (χ3v) is 7.21. The minimum Gasteiger partial charge on any atom is -0.465 e. The summed E-state index contributed by atoms with van der Waals surface area (Å²) in [5.41, 5.74) is 1.90. The highest BCUT2D eigenvalue weighted by Crippen LogP contribution is 2.40. The predicted molar refractivity (Wildman–Crippen MR) is 123 cm³/mol. The molecule has 5 heterocycles. The number of carboxylic acid groups (broad SMARTS) is 1. The lowest BCUT2D eigenvalue weighted by atomic mass is 9.95. The summed E-state index contributed by atoms with van der Waals surface area (Å²) in [7, 11) is 0. The molecule has 1 atom stereocenters. The van der Waals surface area contributed by atoms with E-state index in [-0.39, 0.29) is 17.9 Å². The number of piperidine rings is 1. The lowest BCUT2D eigenvalue weighted by Gasteiger charge is -2.33. The standard InChI is InChI=1S/C23H28N8O3/c32-21(15-7-11-29(12-8-15)23(33)34)30-9-1-3-17(30)20-25-19-4-2-10-31(19)22(26-20)24-18-13-16(27-28-18)14-5-6-14/h2,4,10,13-15,17H,1,3,5-9,11-12H2,(H,33,34)(H2,24,25,26,27,28). The second-order valence-corrected chi connectivity index (χ2v) is 9.48. The molecule has 11 heteroatoms. The van der Waals surface area contributed by atoms with Gasteiger partial charge in [0.2, 0.25) is 11.9 Å². The van der Waals surface area contributed by atoms with E-state index < -0.39 is 6.09 Å². The van der Waals surface area contributed by atoms with Gasteiger partial charge >= 0.3 is 6.09 Å². The van der Waals surface area contributed by atoms with Crippen LogP contribution in [0.15, 0.2) is 24.4 Å². The fraction of sp³-hybridized carbons (Fsp3) is 0.522. The van der Waals surface area contributed by atoms with Crippen LogP contribution in [0.1, 0.15) is 62.0 Å². The minimum atomic E-state index is -0.917. The number of nitrogens with one attached hydrogen (secondary N) is 2. The Hall–Kier alpha value is -3.63. The monoisotopic (exact) mass is 464 g/mol. The zero-order valence-electron chi connectivity index (χ0n) is 18.9. The topological polar surface area (TPSA) is 132 Å². The Bertz CT molecular complexity index is 1220. The molecule has 2 amide bonds. The first-order valence-electron chi connectivity index (χ1n) is 12.0. The molecule has 2 aliphatic heterocycles. The molecule has 3 fully saturated rings. The number of hydrogen-bond acceptors (Lipinski definition) is 6. The zero-order valence-corrected chi connectivity index (χ0v) is 18.9. The van der Waals surface area contributed by atoms with Crippen molar-refractivity contribution >= 4 is 29.4 Å². The number of H-pyrrole nitrogens is 1. The average Bonchev–Trinajstić information content (AvgIpc) is 3.23. The second kappa shape index (κ2) is 8.30. The number of hydrogen-bond donors (Lipinski definition) is 3. The number of fused-ring (bicyclic) bond motifs is 1. The van der Waals surface area contributed by atoms with Crippen LogP contribution in [0.5, 0.6) is 0 Å². The van der Waals surface area contributed by atoms with Gasteiger partial charge in [-0.1, -0.05) is 0 Å². The van der Waals surface area contributed by atoms with Crippen LogP contribution in [0.25, 0.3) is 5.65 Å². The summed E-state index contributed by atoms with van der Waals surface area (Å²) in [6.45, 7) is 1.47. The van der Waals surface area contributed by atoms with E-state index in [1.54, 1.807) is 0 Å². The molecule has 3 N–H and O–H groups in total. The van der Waals surface area contributed by atoms with Crippen molar-refractivity contribution in [1.29, 1.82) is 0 Å². The molecule has 6 rings (SSSR count). The molecule has 1 aliphatic carbocycles. The molecule has 0 radical (unpaired) electrons. The van der Waals surface area contributed by atoms with E-state index in [1.165, 1.54) is 17.7 Å². The third-order valence-electron chi connectivity index (χ3n) is 7.21. The molecule has 1 unspecified atom stereocenters. The van der Waals surface area contributed by atoms with Crippen LogP contribution in [0.4, 0.5) is 16.6 Å². The van der Waals surface area contributed by atoms with Gasteiger partial charge in [-0.05, 0) is 50.7 Å². The molecule has 1 saturated carbocycles. The first kappa shape index (κ1) is 20.9. The summed E-state index contributed by atoms with van der Waals surface area (Å²) in [5, 5.41) is 20.0. The summed E-state index contributed by atoms with van der Waals surface area (Å²) in [5.74, 6) is 2.47. The normalized spacial score (nSPS) is 21.4. The van der Waals surface area contributed by atoms with Gasteiger partial charge in [0, 0.05) is 49.4 Å². The third kappa shape index (κ3) is 3.84. The van der Waals surface area contributed by atoms with Crippen LogP contribution >= 0.6 is 0 Å². The Morgan fingerprint density at radius 2 is 1.91 bits per heavy atom. The van der Waals surface area contributed by atoms with Crippen LogP contribution in [0, 0.1) is 5.92 Å². The van der Waals surface area contributed by atoms with Crippen molar-refractivity contribution in [1.82, 2.24) is 34.4 Å². The molecular weight excluding hydrogens is 436 g/mol. The number of carbonyl (C=O) groups is 2. The number of carbonyl (C=O) groups excluding carboxylic acids is 1. The van der Waals surface area contributed by atoms with Crippen LogP contribution < -0.4 is 5.32 Å². The Labute approximate surface area is 196 Å². The predicted octanol–water partition coefficient (Wildman–Crippen LogP) is 3.13. The van der Waals surface area contributed by atoms with Gasteiger partial charge in [0.05, 0.1) is 6.04 Å². The number of likely N-dealkylation sites (tertiary alicyclic amines) is 2. The Kier molecular flexibility index (Phi) is 5.11. The first-order valence-corrected chi connectivity index (χ1v) is 12.0. The molecule has 178 valence electrons. The van der Waals surface area contributed by atoms with Crippen LogP contribution in [-0.2, 0) is 4.79 Å². The summed E-state index contributed by atoms with van der Waals surface area (Å²) in [6, 6.07) is 5.70.